The van der Waals surface area contributed by atoms with Gasteiger partial charge < -0.3 is 4.90 Å². The Morgan fingerprint density at radius 1 is 1.03 bits per heavy atom. The number of rotatable bonds is 8. The predicted molar refractivity (Wildman–Crippen MR) is 126 cm³/mol. The Kier molecular flexibility index (Phi) is 6.57. The summed E-state index contributed by atoms with van der Waals surface area (Å²) in [7, 11) is 1.87. The van der Waals surface area contributed by atoms with Gasteiger partial charge in [0, 0.05) is 35.8 Å². The molecule has 2 aromatic carbocycles. The summed E-state index contributed by atoms with van der Waals surface area (Å²) in [4.78, 5) is 18.9. The molecule has 2 aromatic heterocycles. The van der Waals surface area contributed by atoms with E-state index in [4.69, 9.17) is 0 Å². The molecule has 4 aromatic rings. The molecule has 4 rings (SSSR count). The zero-order valence-corrected chi connectivity index (χ0v) is 18.7. The number of aromatic amines is 1. The van der Waals surface area contributed by atoms with Crippen LogP contribution in [-0.2, 0) is 17.6 Å². The van der Waals surface area contributed by atoms with Gasteiger partial charge in [-0.3, -0.25) is 9.89 Å². The average molecular weight is 431 g/mol. The van der Waals surface area contributed by atoms with Gasteiger partial charge >= 0.3 is 0 Å². The number of hydrogen-bond donors (Lipinski definition) is 1. The third-order valence-corrected chi connectivity index (χ3v) is 6.06. The van der Waals surface area contributed by atoms with Gasteiger partial charge in [0.2, 0.25) is 5.91 Å². The second-order valence-electron chi connectivity index (χ2n) is 7.69. The summed E-state index contributed by atoms with van der Waals surface area (Å²) in [5.74, 6) is 0.131. The first kappa shape index (κ1) is 21.0. The minimum atomic E-state index is 0.131. The number of aryl methyl sites for hydroxylation is 2. The first-order valence-electron chi connectivity index (χ1n) is 10.4. The van der Waals surface area contributed by atoms with Crippen LogP contribution >= 0.6 is 11.3 Å². The van der Waals surface area contributed by atoms with Crippen LogP contribution in [-0.4, -0.2) is 39.6 Å². The molecule has 0 aliphatic rings. The number of aromatic nitrogens is 3. The van der Waals surface area contributed by atoms with Crippen LogP contribution in [0.2, 0.25) is 0 Å². The maximum absolute atomic E-state index is 12.6. The fourth-order valence-electron chi connectivity index (χ4n) is 3.48. The summed E-state index contributed by atoms with van der Waals surface area (Å²) >= 11 is 1.65. The Balaban J connectivity index is 1.25. The van der Waals surface area contributed by atoms with Crippen molar-refractivity contribution in [1.29, 1.82) is 0 Å². The van der Waals surface area contributed by atoms with Crippen molar-refractivity contribution in [2.24, 2.45) is 0 Å². The third-order valence-electron chi connectivity index (χ3n) is 5.29. The predicted octanol–water partition coefficient (Wildman–Crippen LogP) is 5.14. The van der Waals surface area contributed by atoms with E-state index in [1.54, 1.807) is 11.3 Å². The Labute approximate surface area is 186 Å². The standard InChI is InChI=1S/C25H26N4OS/c1-18-26-24(17-31-18)21-12-10-19(11-13-21)15-25(30)29(2)14-6-9-22-16-23(28-27-22)20-7-4-3-5-8-20/h3-5,7-8,10-13,16-17H,6,9,14-15H2,1-2H3,(H,27,28). The number of thiazole rings is 1. The summed E-state index contributed by atoms with van der Waals surface area (Å²) in [6.07, 6.45) is 2.16. The molecular formula is C25H26N4OS. The van der Waals surface area contributed by atoms with Crippen molar-refractivity contribution in [3.8, 4) is 22.5 Å². The number of likely N-dealkylation sites (N-methyl/N-ethyl adjacent to an activating group) is 1. The third kappa shape index (κ3) is 5.47. The van der Waals surface area contributed by atoms with Crippen molar-refractivity contribution >= 4 is 17.2 Å². The molecule has 1 N–H and O–H groups in total. The van der Waals surface area contributed by atoms with E-state index in [-0.39, 0.29) is 5.91 Å². The molecule has 0 saturated carbocycles. The van der Waals surface area contributed by atoms with E-state index in [0.717, 1.165) is 51.6 Å². The molecule has 5 nitrogen and oxygen atoms in total. The molecule has 1 amide bonds. The number of carbonyl (C=O) groups is 1. The number of H-pyrrole nitrogens is 1. The van der Waals surface area contributed by atoms with Crippen LogP contribution in [0.15, 0.2) is 66.0 Å². The zero-order chi connectivity index (χ0) is 21.6. The van der Waals surface area contributed by atoms with Crippen molar-refractivity contribution in [2.45, 2.75) is 26.2 Å². The second-order valence-corrected chi connectivity index (χ2v) is 8.75. The Morgan fingerprint density at radius 3 is 2.48 bits per heavy atom. The van der Waals surface area contributed by atoms with Crippen LogP contribution in [0.4, 0.5) is 0 Å². The molecular weight excluding hydrogens is 404 g/mol. The van der Waals surface area contributed by atoms with E-state index in [1.807, 2.05) is 61.3 Å². The molecule has 158 valence electrons. The molecule has 0 atom stereocenters. The van der Waals surface area contributed by atoms with Crippen LogP contribution in [0.5, 0.6) is 0 Å². The fraction of sp³-hybridized carbons (Fsp3) is 0.240. The SMILES string of the molecule is Cc1nc(-c2ccc(CC(=O)N(C)CCCc3cc(-c4ccccc4)n[nH]3)cc2)cs1. The van der Waals surface area contributed by atoms with Gasteiger partial charge in [-0.05, 0) is 31.4 Å². The smallest absolute Gasteiger partial charge is 0.226 e. The van der Waals surface area contributed by atoms with E-state index < -0.39 is 0 Å². The molecule has 0 fully saturated rings. The van der Waals surface area contributed by atoms with E-state index in [1.165, 1.54) is 0 Å². The lowest BCUT2D eigenvalue weighted by atomic mass is 10.1. The Hall–Kier alpha value is -3.25. The number of amides is 1. The summed E-state index contributed by atoms with van der Waals surface area (Å²) < 4.78 is 0. The highest BCUT2D eigenvalue weighted by molar-refractivity contribution is 7.09. The van der Waals surface area contributed by atoms with Gasteiger partial charge in [-0.15, -0.1) is 11.3 Å². The largest absolute Gasteiger partial charge is 0.345 e. The highest BCUT2D eigenvalue weighted by atomic mass is 32.1. The summed E-state index contributed by atoms with van der Waals surface area (Å²) in [6, 6.07) is 20.3. The average Bonchev–Trinajstić information content (AvgIpc) is 3.44. The molecule has 0 unspecified atom stereocenters. The number of carbonyl (C=O) groups excluding carboxylic acids is 1. The monoisotopic (exact) mass is 430 g/mol. The summed E-state index contributed by atoms with van der Waals surface area (Å²) in [6.45, 7) is 2.72. The van der Waals surface area contributed by atoms with Gasteiger partial charge in [0.05, 0.1) is 22.8 Å². The molecule has 0 saturated heterocycles. The van der Waals surface area contributed by atoms with Gasteiger partial charge in [0.15, 0.2) is 0 Å². The van der Waals surface area contributed by atoms with Gasteiger partial charge in [-0.25, -0.2) is 4.98 Å². The lowest BCUT2D eigenvalue weighted by Gasteiger charge is -2.17. The van der Waals surface area contributed by atoms with Crippen molar-refractivity contribution in [1.82, 2.24) is 20.1 Å². The molecule has 0 aliphatic carbocycles. The quantitative estimate of drug-likeness (QED) is 0.421. The van der Waals surface area contributed by atoms with Gasteiger partial charge in [-0.2, -0.15) is 5.10 Å². The molecule has 0 aliphatic heterocycles. The van der Waals surface area contributed by atoms with Crippen LogP contribution in [0, 0.1) is 6.92 Å². The molecule has 0 bridgehead atoms. The number of nitrogens with one attached hydrogen (secondary N) is 1. The molecule has 2 heterocycles. The van der Waals surface area contributed by atoms with E-state index in [2.05, 4.69) is 38.8 Å². The maximum atomic E-state index is 12.6. The molecule has 31 heavy (non-hydrogen) atoms. The van der Waals surface area contributed by atoms with Crippen LogP contribution in [0.1, 0.15) is 22.7 Å². The Morgan fingerprint density at radius 2 is 1.77 bits per heavy atom. The number of nitrogens with zero attached hydrogens (tertiary/aromatic N) is 3. The summed E-state index contributed by atoms with van der Waals surface area (Å²) in [5.41, 5.74) is 6.25. The number of hydrogen-bond acceptors (Lipinski definition) is 4. The van der Waals surface area contributed by atoms with Crippen LogP contribution < -0.4 is 0 Å². The fourth-order valence-corrected chi connectivity index (χ4v) is 4.10. The minimum absolute atomic E-state index is 0.131. The van der Waals surface area contributed by atoms with Crippen LogP contribution in [0.3, 0.4) is 0 Å². The van der Waals surface area contributed by atoms with Crippen molar-refractivity contribution in [3.63, 3.8) is 0 Å². The molecule has 6 heteroatoms. The molecule has 0 radical (unpaired) electrons. The minimum Gasteiger partial charge on any atom is -0.345 e. The van der Waals surface area contributed by atoms with E-state index >= 15 is 0 Å². The normalized spacial score (nSPS) is 10.9. The van der Waals surface area contributed by atoms with Crippen molar-refractivity contribution < 1.29 is 4.79 Å². The van der Waals surface area contributed by atoms with Crippen LogP contribution in [0.25, 0.3) is 22.5 Å². The molecule has 0 spiro atoms. The number of benzene rings is 2. The lowest BCUT2D eigenvalue weighted by molar-refractivity contribution is -0.129. The summed E-state index contributed by atoms with van der Waals surface area (Å²) in [5, 5.41) is 10.6. The van der Waals surface area contributed by atoms with Gasteiger partial charge in [-0.1, -0.05) is 54.6 Å². The zero-order valence-electron chi connectivity index (χ0n) is 17.8. The van der Waals surface area contributed by atoms with Gasteiger partial charge in [0.1, 0.15) is 0 Å². The van der Waals surface area contributed by atoms with Crippen molar-refractivity contribution in [2.75, 3.05) is 13.6 Å². The first-order valence-corrected chi connectivity index (χ1v) is 11.3. The highest BCUT2D eigenvalue weighted by Gasteiger charge is 2.11. The second kappa shape index (κ2) is 9.71. The van der Waals surface area contributed by atoms with Crippen molar-refractivity contribution in [3.05, 3.63) is 82.3 Å². The lowest BCUT2D eigenvalue weighted by Crippen LogP contribution is -2.29. The van der Waals surface area contributed by atoms with E-state index in [0.29, 0.717) is 13.0 Å². The van der Waals surface area contributed by atoms with E-state index in [9.17, 15) is 4.79 Å². The maximum Gasteiger partial charge on any atom is 0.226 e. The highest BCUT2D eigenvalue weighted by Crippen LogP contribution is 2.22. The first-order chi connectivity index (χ1) is 15.1. The Bertz CT molecular complexity index is 1130. The van der Waals surface area contributed by atoms with Gasteiger partial charge in [0.25, 0.3) is 0 Å². The topological polar surface area (TPSA) is 61.9 Å².